The Bertz CT molecular complexity index is 697. The summed E-state index contributed by atoms with van der Waals surface area (Å²) in [4.78, 5) is 0. The second-order valence-corrected chi connectivity index (χ2v) is 8.09. The van der Waals surface area contributed by atoms with Crippen LogP contribution in [0.5, 0.6) is 0 Å². The number of unbranched alkanes of at least 4 members (excludes halogenated alkanes) is 1. The van der Waals surface area contributed by atoms with Crippen LogP contribution >= 0.6 is 0 Å². The van der Waals surface area contributed by atoms with Gasteiger partial charge in [0.1, 0.15) is 5.82 Å². The fourth-order valence-corrected chi connectivity index (χ4v) is 4.50. The maximum atomic E-state index is 14.5. The first-order valence-electron chi connectivity index (χ1n) is 10.7. The first kappa shape index (κ1) is 20.0. The molecule has 0 unspecified atom stereocenters. The van der Waals surface area contributed by atoms with Gasteiger partial charge in [-0.2, -0.15) is 0 Å². The second-order valence-electron chi connectivity index (χ2n) is 8.09. The van der Waals surface area contributed by atoms with Crippen LogP contribution in [0.3, 0.4) is 0 Å². The predicted molar refractivity (Wildman–Crippen MR) is 110 cm³/mol. The number of hydrogen-bond donors (Lipinski definition) is 0. The maximum Gasteiger partial charge on any atom is 0.131 e. The molecule has 1 saturated carbocycles. The molecular formula is C25H32F2. The number of benzene rings is 2. The van der Waals surface area contributed by atoms with Crippen molar-refractivity contribution in [3.63, 3.8) is 0 Å². The third-order valence-corrected chi connectivity index (χ3v) is 6.12. The van der Waals surface area contributed by atoms with Crippen LogP contribution in [0.15, 0.2) is 42.5 Å². The minimum absolute atomic E-state index is 0.180. The van der Waals surface area contributed by atoms with Crippen LogP contribution in [-0.4, -0.2) is 6.67 Å². The van der Waals surface area contributed by atoms with Crippen LogP contribution in [0.2, 0.25) is 0 Å². The van der Waals surface area contributed by atoms with Crippen molar-refractivity contribution in [2.75, 3.05) is 6.67 Å². The molecule has 0 nitrogen and oxygen atoms in total. The van der Waals surface area contributed by atoms with Crippen LogP contribution in [0.25, 0.3) is 11.1 Å². The van der Waals surface area contributed by atoms with Crippen molar-refractivity contribution in [3.05, 3.63) is 59.4 Å². The summed E-state index contributed by atoms with van der Waals surface area (Å²) in [5.74, 6) is 1.40. The molecule has 0 aromatic heterocycles. The Labute approximate surface area is 163 Å². The highest BCUT2D eigenvalue weighted by Gasteiger charge is 2.21. The molecule has 0 N–H and O–H groups in total. The highest BCUT2D eigenvalue weighted by molar-refractivity contribution is 5.65. The summed E-state index contributed by atoms with van der Waals surface area (Å²) < 4.78 is 26.7. The van der Waals surface area contributed by atoms with Crippen molar-refractivity contribution in [3.8, 4) is 11.1 Å². The lowest BCUT2D eigenvalue weighted by Gasteiger charge is -2.28. The van der Waals surface area contributed by atoms with Gasteiger partial charge in [0.15, 0.2) is 0 Å². The Balaban J connectivity index is 1.63. The summed E-state index contributed by atoms with van der Waals surface area (Å²) >= 11 is 0. The third kappa shape index (κ3) is 5.40. The SMILES string of the molecule is CCCC1CCC(c2ccc(-c3ccc(CCCCF)cc3F)cc2)CC1. The topological polar surface area (TPSA) is 0 Å². The molecule has 2 aromatic rings. The van der Waals surface area contributed by atoms with Crippen LogP contribution < -0.4 is 0 Å². The molecule has 0 spiro atoms. The molecule has 146 valence electrons. The van der Waals surface area contributed by atoms with E-state index in [4.69, 9.17) is 0 Å². The van der Waals surface area contributed by atoms with Gasteiger partial charge in [-0.3, -0.25) is 4.39 Å². The van der Waals surface area contributed by atoms with Gasteiger partial charge in [0.05, 0.1) is 6.67 Å². The molecule has 0 heterocycles. The first-order chi connectivity index (χ1) is 13.2. The van der Waals surface area contributed by atoms with Crippen molar-refractivity contribution in [1.82, 2.24) is 0 Å². The Morgan fingerprint density at radius 2 is 1.67 bits per heavy atom. The normalized spacial score (nSPS) is 20.0. The molecule has 1 aliphatic carbocycles. The zero-order valence-corrected chi connectivity index (χ0v) is 16.5. The summed E-state index contributed by atoms with van der Waals surface area (Å²) in [5, 5.41) is 0. The van der Waals surface area contributed by atoms with Crippen LogP contribution in [0, 0.1) is 11.7 Å². The van der Waals surface area contributed by atoms with Gasteiger partial charge in [0.2, 0.25) is 0 Å². The highest BCUT2D eigenvalue weighted by Crippen LogP contribution is 2.38. The van der Waals surface area contributed by atoms with Gasteiger partial charge in [-0.25, -0.2) is 4.39 Å². The molecule has 0 bridgehead atoms. The van der Waals surface area contributed by atoms with Crippen molar-refractivity contribution >= 4 is 0 Å². The van der Waals surface area contributed by atoms with Crippen molar-refractivity contribution in [2.45, 2.75) is 70.6 Å². The quantitative estimate of drug-likeness (QED) is 0.415. The van der Waals surface area contributed by atoms with E-state index in [1.54, 1.807) is 6.07 Å². The van der Waals surface area contributed by atoms with E-state index in [1.165, 1.54) is 44.1 Å². The third-order valence-electron chi connectivity index (χ3n) is 6.12. The van der Waals surface area contributed by atoms with Crippen molar-refractivity contribution in [2.24, 2.45) is 5.92 Å². The lowest BCUT2D eigenvalue weighted by molar-refractivity contribution is 0.308. The van der Waals surface area contributed by atoms with E-state index < -0.39 is 0 Å². The number of halogens is 2. The van der Waals surface area contributed by atoms with Gasteiger partial charge >= 0.3 is 0 Å². The van der Waals surface area contributed by atoms with Gasteiger partial charge in [-0.15, -0.1) is 0 Å². The lowest BCUT2D eigenvalue weighted by atomic mass is 9.77. The Hall–Kier alpha value is -1.70. The molecule has 3 rings (SSSR count). The van der Waals surface area contributed by atoms with Gasteiger partial charge in [-0.05, 0) is 79.5 Å². The Morgan fingerprint density at radius 3 is 2.30 bits per heavy atom. The van der Waals surface area contributed by atoms with Crippen LogP contribution in [0.1, 0.15) is 75.3 Å². The lowest BCUT2D eigenvalue weighted by Crippen LogP contribution is -2.13. The molecular weight excluding hydrogens is 338 g/mol. The molecule has 0 amide bonds. The van der Waals surface area contributed by atoms with E-state index in [1.807, 2.05) is 12.1 Å². The largest absolute Gasteiger partial charge is 0.251 e. The van der Waals surface area contributed by atoms with Crippen molar-refractivity contribution in [1.29, 1.82) is 0 Å². The van der Waals surface area contributed by atoms with Crippen molar-refractivity contribution < 1.29 is 8.78 Å². The summed E-state index contributed by atoms with van der Waals surface area (Å²) in [6.45, 7) is 1.98. The van der Waals surface area contributed by atoms with E-state index in [2.05, 4.69) is 31.2 Å². The average molecular weight is 371 g/mol. The predicted octanol–water partition coefficient (Wildman–Crippen LogP) is 7.86. The number of hydrogen-bond acceptors (Lipinski definition) is 0. The minimum Gasteiger partial charge on any atom is -0.251 e. The molecule has 0 atom stereocenters. The zero-order valence-electron chi connectivity index (χ0n) is 16.5. The molecule has 1 fully saturated rings. The highest BCUT2D eigenvalue weighted by atomic mass is 19.1. The fourth-order valence-electron chi connectivity index (χ4n) is 4.50. The maximum absolute atomic E-state index is 14.5. The van der Waals surface area contributed by atoms with Gasteiger partial charge < -0.3 is 0 Å². The van der Waals surface area contributed by atoms with E-state index in [-0.39, 0.29) is 12.5 Å². The summed E-state index contributed by atoms with van der Waals surface area (Å²) in [6, 6.07) is 14.0. The minimum atomic E-state index is -0.298. The molecule has 2 heteroatoms. The van der Waals surface area contributed by atoms with E-state index >= 15 is 0 Å². The zero-order chi connectivity index (χ0) is 19.1. The Kier molecular flexibility index (Phi) is 7.43. The molecule has 0 saturated heterocycles. The number of alkyl halides is 1. The van der Waals surface area contributed by atoms with Crippen LogP contribution in [0.4, 0.5) is 8.78 Å². The summed E-state index contributed by atoms with van der Waals surface area (Å²) in [7, 11) is 0. The van der Waals surface area contributed by atoms with Crippen LogP contribution in [-0.2, 0) is 6.42 Å². The molecule has 1 aliphatic rings. The molecule has 0 aliphatic heterocycles. The number of aryl methyl sites for hydroxylation is 1. The Morgan fingerprint density at radius 1 is 0.926 bits per heavy atom. The summed E-state index contributed by atoms with van der Waals surface area (Å²) in [6.07, 6.45) is 9.98. The second kappa shape index (κ2) is 10.0. The molecule has 27 heavy (non-hydrogen) atoms. The summed E-state index contributed by atoms with van der Waals surface area (Å²) in [5.41, 5.74) is 3.94. The smallest absolute Gasteiger partial charge is 0.131 e. The first-order valence-corrected chi connectivity index (χ1v) is 10.7. The van der Waals surface area contributed by atoms with Gasteiger partial charge in [0, 0.05) is 5.56 Å². The standard InChI is InChI=1S/C25H32F2/c1-2-5-19-7-10-21(11-8-19)22-12-14-23(15-13-22)24-16-9-20(18-25(24)27)6-3-4-17-26/h9,12-16,18-19,21H,2-8,10-11,17H2,1H3. The average Bonchev–Trinajstić information content (AvgIpc) is 2.69. The van der Waals surface area contributed by atoms with Gasteiger partial charge in [-0.1, -0.05) is 56.2 Å². The van der Waals surface area contributed by atoms with E-state index in [0.29, 0.717) is 17.9 Å². The van der Waals surface area contributed by atoms with E-state index in [0.717, 1.165) is 29.9 Å². The monoisotopic (exact) mass is 370 g/mol. The molecule has 2 aromatic carbocycles. The molecule has 0 radical (unpaired) electrons. The fraction of sp³-hybridized carbons (Fsp3) is 0.520. The number of rotatable bonds is 8. The van der Waals surface area contributed by atoms with E-state index in [9.17, 15) is 8.78 Å². The van der Waals surface area contributed by atoms with Gasteiger partial charge in [0.25, 0.3) is 0 Å².